The van der Waals surface area contributed by atoms with Crippen molar-refractivity contribution in [2.24, 2.45) is 0 Å². The summed E-state index contributed by atoms with van der Waals surface area (Å²) < 4.78 is 33.2. The van der Waals surface area contributed by atoms with Gasteiger partial charge in [0.15, 0.2) is 0 Å². The minimum absolute atomic E-state index is 0.0615. The number of halogens is 2. The SMILES string of the molecule is COc1cc(Oc2ccc([N+](=O)[O-])c(NC(C)P(=O)(OC)OC)c2)c(Cl)cc1Cl. The van der Waals surface area contributed by atoms with Crippen LogP contribution in [0, 0.1) is 10.1 Å². The second kappa shape index (κ2) is 9.65. The van der Waals surface area contributed by atoms with Gasteiger partial charge in [0.25, 0.3) is 5.69 Å². The number of benzene rings is 2. The fourth-order valence-corrected chi connectivity index (χ4v) is 4.00. The van der Waals surface area contributed by atoms with Crippen LogP contribution in [-0.2, 0) is 13.6 Å². The van der Waals surface area contributed by atoms with Crippen molar-refractivity contribution in [3.63, 3.8) is 0 Å². The van der Waals surface area contributed by atoms with E-state index in [1.54, 1.807) is 0 Å². The van der Waals surface area contributed by atoms with Gasteiger partial charge in [0.2, 0.25) is 0 Å². The Morgan fingerprint density at radius 3 is 2.24 bits per heavy atom. The Labute approximate surface area is 177 Å². The van der Waals surface area contributed by atoms with E-state index in [9.17, 15) is 14.7 Å². The maximum Gasteiger partial charge on any atom is 0.351 e. The molecule has 1 atom stereocenters. The van der Waals surface area contributed by atoms with E-state index in [0.717, 1.165) is 0 Å². The standard InChI is InChI=1S/C17H19Cl2N2O7P/c1-10(29(24,26-3)27-4)20-14-7-11(5-6-15(14)21(22)23)28-17-9-16(25-2)12(18)8-13(17)19/h5-10,20H,1-4H3. The molecule has 0 aliphatic heterocycles. The molecule has 9 nitrogen and oxygen atoms in total. The van der Waals surface area contributed by atoms with Crippen LogP contribution < -0.4 is 14.8 Å². The fraction of sp³-hybridized carbons (Fsp3) is 0.294. The van der Waals surface area contributed by atoms with E-state index in [0.29, 0.717) is 10.8 Å². The van der Waals surface area contributed by atoms with Crippen LogP contribution in [0.5, 0.6) is 17.2 Å². The summed E-state index contributed by atoms with van der Waals surface area (Å²) in [5.74, 6) is -0.0480. The second-order valence-electron chi connectivity index (χ2n) is 5.68. The van der Waals surface area contributed by atoms with Gasteiger partial charge in [0, 0.05) is 32.4 Å². The molecule has 0 spiro atoms. The number of anilines is 1. The minimum Gasteiger partial charge on any atom is -0.495 e. The maximum absolute atomic E-state index is 12.5. The van der Waals surface area contributed by atoms with E-state index in [-0.39, 0.29) is 27.9 Å². The summed E-state index contributed by atoms with van der Waals surface area (Å²) in [6.45, 7) is 1.52. The van der Waals surface area contributed by atoms with E-state index in [4.69, 9.17) is 41.7 Å². The van der Waals surface area contributed by atoms with Gasteiger partial charge in [-0.3, -0.25) is 14.7 Å². The summed E-state index contributed by atoms with van der Waals surface area (Å²) in [7, 11) is 0.379. The monoisotopic (exact) mass is 464 g/mol. The summed E-state index contributed by atoms with van der Waals surface area (Å²) in [6.07, 6.45) is 0. The van der Waals surface area contributed by atoms with Crippen molar-refractivity contribution in [3.8, 4) is 17.2 Å². The Kier molecular flexibility index (Phi) is 7.73. The highest BCUT2D eigenvalue weighted by atomic mass is 35.5. The molecule has 0 radical (unpaired) electrons. The van der Waals surface area contributed by atoms with Gasteiger partial charge in [-0.05, 0) is 19.1 Å². The van der Waals surface area contributed by atoms with Crippen LogP contribution in [0.2, 0.25) is 10.0 Å². The molecule has 0 aliphatic carbocycles. The van der Waals surface area contributed by atoms with Crippen LogP contribution >= 0.6 is 30.8 Å². The molecule has 158 valence electrons. The molecule has 0 saturated heterocycles. The van der Waals surface area contributed by atoms with Gasteiger partial charge in [0.1, 0.15) is 28.7 Å². The van der Waals surface area contributed by atoms with E-state index in [1.807, 2.05) is 0 Å². The molecule has 0 heterocycles. The van der Waals surface area contributed by atoms with E-state index in [1.165, 1.54) is 58.6 Å². The molecule has 0 amide bonds. The number of nitro benzene ring substituents is 1. The van der Waals surface area contributed by atoms with Gasteiger partial charge in [0.05, 0.1) is 22.1 Å². The summed E-state index contributed by atoms with van der Waals surface area (Å²) >= 11 is 12.2. The van der Waals surface area contributed by atoms with Crippen LogP contribution in [0.3, 0.4) is 0 Å². The Morgan fingerprint density at radius 1 is 1.07 bits per heavy atom. The molecule has 1 N–H and O–H groups in total. The summed E-state index contributed by atoms with van der Waals surface area (Å²) in [5, 5.41) is 14.7. The van der Waals surface area contributed by atoms with E-state index < -0.39 is 18.3 Å². The number of nitro groups is 1. The first-order valence-corrected chi connectivity index (χ1v) is 10.5. The van der Waals surface area contributed by atoms with Crippen LogP contribution in [-0.4, -0.2) is 32.0 Å². The molecule has 29 heavy (non-hydrogen) atoms. The third-order valence-electron chi connectivity index (χ3n) is 3.95. The lowest BCUT2D eigenvalue weighted by Gasteiger charge is -2.22. The lowest BCUT2D eigenvalue weighted by molar-refractivity contribution is -0.384. The minimum atomic E-state index is -3.52. The largest absolute Gasteiger partial charge is 0.495 e. The molecule has 0 aromatic heterocycles. The second-order valence-corrected chi connectivity index (χ2v) is 9.08. The third-order valence-corrected chi connectivity index (χ3v) is 6.63. The van der Waals surface area contributed by atoms with Crippen molar-refractivity contribution in [1.29, 1.82) is 0 Å². The van der Waals surface area contributed by atoms with Crippen molar-refractivity contribution in [2.45, 2.75) is 12.7 Å². The highest BCUT2D eigenvalue weighted by Crippen LogP contribution is 2.52. The molecule has 2 rings (SSSR count). The molecule has 2 aromatic rings. The first-order chi connectivity index (χ1) is 13.6. The van der Waals surface area contributed by atoms with Crippen molar-refractivity contribution in [2.75, 3.05) is 26.6 Å². The van der Waals surface area contributed by atoms with Gasteiger partial charge in [-0.15, -0.1) is 0 Å². The smallest absolute Gasteiger partial charge is 0.351 e. The maximum atomic E-state index is 12.5. The lowest BCUT2D eigenvalue weighted by atomic mass is 10.2. The van der Waals surface area contributed by atoms with Crippen molar-refractivity contribution >= 4 is 42.2 Å². The third kappa shape index (κ3) is 5.32. The van der Waals surface area contributed by atoms with Gasteiger partial charge in [-0.1, -0.05) is 23.2 Å². The molecule has 0 fully saturated rings. The van der Waals surface area contributed by atoms with Gasteiger partial charge < -0.3 is 23.8 Å². The first kappa shape index (κ1) is 23.3. The topological polar surface area (TPSA) is 109 Å². The number of nitrogens with one attached hydrogen (secondary N) is 1. The van der Waals surface area contributed by atoms with Crippen LogP contribution in [0.1, 0.15) is 6.92 Å². The molecule has 2 aromatic carbocycles. The first-order valence-electron chi connectivity index (χ1n) is 8.12. The lowest BCUT2D eigenvalue weighted by Crippen LogP contribution is -2.18. The quantitative estimate of drug-likeness (QED) is 0.275. The highest BCUT2D eigenvalue weighted by Gasteiger charge is 2.32. The molecular weight excluding hydrogens is 446 g/mol. The van der Waals surface area contributed by atoms with Crippen molar-refractivity contribution in [1.82, 2.24) is 0 Å². The Balaban J connectivity index is 2.40. The molecular formula is C17H19Cl2N2O7P. The molecule has 0 aliphatic rings. The molecule has 0 bridgehead atoms. The van der Waals surface area contributed by atoms with Crippen LogP contribution in [0.4, 0.5) is 11.4 Å². The zero-order chi connectivity index (χ0) is 21.8. The van der Waals surface area contributed by atoms with Crippen LogP contribution in [0.15, 0.2) is 30.3 Å². The van der Waals surface area contributed by atoms with Crippen molar-refractivity contribution in [3.05, 3.63) is 50.5 Å². The van der Waals surface area contributed by atoms with Gasteiger partial charge in [-0.25, -0.2) is 0 Å². The van der Waals surface area contributed by atoms with Crippen molar-refractivity contribution < 1.29 is 28.0 Å². The average Bonchev–Trinajstić information content (AvgIpc) is 2.69. The Bertz CT molecular complexity index is 950. The average molecular weight is 465 g/mol. The normalized spacial score (nSPS) is 12.3. The van der Waals surface area contributed by atoms with Crippen LogP contribution in [0.25, 0.3) is 0 Å². The van der Waals surface area contributed by atoms with E-state index >= 15 is 0 Å². The zero-order valence-corrected chi connectivity index (χ0v) is 18.4. The zero-order valence-electron chi connectivity index (χ0n) is 16.0. The number of nitrogens with zero attached hydrogens (tertiary/aromatic N) is 1. The molecule has 0 saturated carbocycles. The van der Waals surface area contributed by atoms with Gasteiger partial charge in [-0.2, -0.15) is 0 Å². The number of methoxy groups -OCH3 is 1. The number of rotatable bonds is 9. The van der Waals surface area contributed by atoms with E-state index in [2.05, 4.69) is 5.32 Å². The van der Waals surface area contributed by atoms with Gasteiger partial charge >= 0.3 is 7.60 Å². The number of hydrogen-bond acceptors (Lipinski definition) is 8. The predicted molar refractivity (Wildman–Crippen MR) is 111 cm³/mol. The summed E-state index contributed by atoms with van der Waals surface area (Å²) in [6, 6.07) is 6.97. The number of hydrogen-bond donors (Lipinski definition) is 1. The summed E-state index contributed by atoms with van der Waals surface area (Å²) in [4.78, 5) is 10.8. The fourth-order valence-electron chi connectivity index (χ4n) is 2.42. The molecule has 12 heteroatoms. The summed E-state index contributed by atoms with van der Waals surface area (Å²) in [5.41, 5.74) is -0.186. The Morgan fingerprint density at radius 2 is 1.69 bits per heavy atom. The predicted octanol–water partition coefficient (Wildman–Crippen LogP) is 5.95. The Hall–Kier alpha value is -2.03. The molecule has 1 unspecified atom stereocenters. The number of ether oxygens (including phenoxy) is 2. The highest BCUT2D eigenvalue weighted by molar-refractivity contribution is 7.54.